The maximum Gasteiger partial charge on any atom is 0.265 e. The lowest BCUT2D eigenvalue weighted by Gasteiger charge is -2.31. The number of aromatic hydroxyl groups is 1. The van der Waals surface area contributed by atoms with Crippen LogP contribution in [0.5, 0.6) is 5.75 Å². The Kier molecular flexibility index (Phi) is 6.90. The Hall–Kier alpha value is -3.30. The van der Waals surface area contributed by atoms with E-state index in [0.717, 1.165) is 11.1 Å². The molecular formula is C23H27FN4O4. The van der Waals surface area contributed by atoms with Crippen LogP contribution in [0.4, 0.5) is 4.39 Å². The van der Waals surface area contributed by atoms with Gasteiger partial charge in [-0.3, -0.25) is 14.6 Å². The van der Waals surface area contributed by atoms with Crippen LogP contribution in [0.1, 0.15) is 35.3 Å². The minimum atomic E-state index is -0.746. The van der Waals surface area contributed by atoms with Crippen LogP contribution in [-0.4, -0.2) is 57.2 Å². The number of H-pyrrole nitrogens is 1. The standard InChI is InChI=1S/C23H27FN4O4/c1-23(2,13-29)12-28(8-7-25)22(32)18-20(30)19-17(27-21(18)31)10-15(11-26-19)9-14-3-5-16(24)6-4-14/h3-6,10-11,29H,7-9,12-13,25H2,1-2H3,(H2,27,30,31). The van der Waals surface area contributed by atoms with Crippen LogP contribution in [0.25, 0.3) is 11.0 Å². The van der Waals surface area contributed by atoms with Crippen molar-refractivity contribution in [2.75, 3.05) is 26.2 Å². The Morgan fingerprint density at radius 1 is 1.25 bits per heavy atom. The van der Waals surface area contributed by atoms with E-state index in [1.807, 2.05) is 0 Å². The third-order valence-electron chi connectivity index (χ3n) is 5.15. The van der Waals surface area contributed by atoms with Crippen molar-refractivity contribution in [1.82, 2.24) is 14.9 Å². The number of carbonyl (C=O) groups excluding carboxylic acids is 1. The molecule has 2 heterocycles. The summed E-state index contributed by atoms with van der Waals surface area (Å²) in [5.74, 6) is -1.52. The predicted molar refractivity (Wildman–Crippen MR) is 119 cm³/mol. The number of hydrogen-bond donors (Lipinski definition) is 4. The van der Waals surface area contributed by atoms with Gasteiger partial charge in [-0.15, -0.1) is 0 Å². The van der Waals surface area contributed by atoms with Crippen molar-refractivity contribution in [3.63, 3.8) is 0 Å². The maximum absolute atomic E-state index is 13.1. The zero-order chi connectivity index (χ0) is 23.5. The fraction of sp³-hybridized carbons (Fsp3) is 0.348. The molecule has 9 heteroatoms. The molecule has 1 amide bonds. The second-order valence-electron chi connectivity index (χ2n) is 8.56. The lowest BCUT2D eigenvalue weighted by Crippen LogP contribution is -2.44. The van der Waals surface area contributed by atoms with Gasteiger partial charge in [0.25, 0.3) is 11.5 Å². The first kappa shape index (κ1) is 23.4. The van der Waals surface area contributed by atoms with Gasteiger partial charge in [0.1, 0.15) is 16.9 Å². The van der Waals surface area contributed by atoms with Crippen molar-refractivity contribution in [1.29, 1.82) is 0 Å². The summed E-state index contributed by atoms with van der Waals surface area (Å²) in [4.78, 5) is 34.0. The zero-order valence-electron chi connectivity index (χ0n) is 18.1. The number of nitrogens with zero attached hydrogens (tertiary/aromatic N) is 2. The third kappa shape index (κ3) is 5.12. The number of pyridine rings is 2. The molecule has 0 saturated heterocycles. The molecule has 32 heavy (non-hydrogen) atoms. The van der Waals surface area contributed by atoms with Crippen LogP contribution < -0.4 is 11.3 Å². The summed E-state index contributed by atoms with van der Waals surface area (Å²) in [5, 5.41) is 20.3. The molecule has 0 aliphatic carbocycles. The minimum absolute atomic E-state index is 0.0879. The zero-order valence-corrected chi connectivity index (χ0v) is 18.1. The summed E-state index contributed by atoms with van der Waals surface area (Å²) in [6, 6.07) is 7.69. The number of nitrogens with two attached hydrogens (primary N) is 1. The normalized spacial score (nSPS) is 11.7. The van der Waals surface area contributed by atoms with Gasteiger partial charge in [0, 0.05) is 37.9 Å². The highest BCUT2D eigenvalue weighted by molar-refractivity contribution is 6.01. The van der Waals surface area contributed by atoms with E-state index in [9.17, 15) is 24.2 Å². The SMILES string of the molecule is CC(C)(CO)CN(CCN)C(=O)c1c(O)c2ncc(Cc3ccc(F)cc3)cc2[nH]c1=O. The summed E-state index contributed by atoms with van der Waals surface area (Å²) in [7, 11) is 0. The molecule has 3 aromatic rings. The first-order chi connectivity index (χ1) is 15.1. The number of fused-ring (bicyclic) bond motifs is 1. The molecule has 0 aliphatic heterocycles. The lowest BCUT2D eigenvalue weighted by molar-refractivity contribution is 0.0605. The summed E-state index contributed by atoms with van der Waals surface area (Å²) >= 11 is 0. The average Bonchev–Trinajstić information content (AvgIpc) is 2.74. The van der Waals surface area contributed by atoms with Gasteiger partial charge in [-0.1, -0.05) is 26.0 Å². The van der Waals surface area contributed by atoms with Gasteiger partial charge in [0.05, 0.1) is 5.52 Å². The van der Waals surface area contributed by atoms with Crippen molar-refractivity contribution in [3.8, 4) is 5.75 Å². The molecule has 0 radical (unpaired) electrons. The summed E-state index contributed by atoms with van der Waals surface area (Å²) in [6.45, 7) is 3.85. The van der Waals surface area contributed by atoms with E-state index in [-0.39, 0.29) is 43.1 Å². The number of hydrogen-bond acceptors (Lipinski definition) is 6. The summed E-state index contributed by atoms with van der Waals surface area (Å²) in [5.41, 5.74) is 5.81. The molecule has 3 rings (SSSR count). The fourth-order valence-corrected chi connectivity index (χ4v) is 3.47. The number of benzene rings is 1. The first-order valence-electron chi connectivity index (χ1n) is 10.2. The molecule has 0 aliphatic rings. The Labute approximate surface area is 184 Å². The number of aromatic amines is 1. The van der Waals surface area contributed by atoms with Gasteiger partial charge in [-0.05, 0) is 35.7 Å². The van der Waals surface area contributed by atoms with Crippen molar-refractivity contribution >= 4 is 16.9 Å². The van der Waals surface area contributed by atoms with E-state index >= 15 is 0 Å². The highest BCUT2D eigenvalue weighted by Gasteiger charge is 2.29. The van der Waals surface area contributed by atoms with Gasteiger partial charge in [-0.25, -0.2) is 4.39 Å². The van der Waals surface area contributed by atoms with Gasteiger partial charge in [-0.2, -0.15) is 0 Å². The molecule has 0 bridgehead atoms. The van der Waals surface area contributed by atoms with Crippen LogP contribution in [0.15, 0.2) is 41.3 Å². The summed E-state index contributed by atoms with van der Waals surface area (Å²) < 4.78 is 13.1. The quantitative estimate of drug-likeness (QED) is 0.420. The van der Waals surface area contributed by atoms with Crippen molar-refractivity contribution < 1.29 is 19.4 Å². The molecule has 8 nitrogen and oxygen atoms in total. The molecule has 0 atom stereocenters. The third-order valence-corrected chi connectivity index (χ3v) is 5.15. The van der Waals surface area contributed by atoms with Gasteiger partial charge in [0.15, 0.2) is 5.75 Å². The number of aromatic nitrogens is 2. The van der Waals surface area contributed by atoms with Crippen LogP contribution in [0, 0.1) is 11.2 Å². The van der Waals surface area contributed by atoms with Crippen molar-refractivity contribution in [3.05, 3.63) is 69.4 Å². The fourth-order valence-electron chi connectivity index (χ4n) is 3.47. The molecule has 0 fully saturated rings. The number of carbonyl (C=O) groups is 1. The lowest BCUT2D eigenvalue weighted by atomic mass is 9.93. The monoisotopic (exact) mass is 442 g/mol. The minimum Gasteiger partial charge on any atom is -0.505 e. The Bertz CT molecular complexity index is 1180. The molecule has 0 unspecified atom stereocenters. The van der Waals surface area contributed by atoms with E-state index in [0.29, 0.717) is 6.42 Å². The molecule has 170 valence electrons. The Morgan fingerprint density at radius 2 is 1.94 bits per heavy atom. The number of aliphatic hydroxyl groups excluding tert-OH is 1. The van der Waals surface area contributed by atoms with Crippen LogP contribution in [-0.2, 0) is 6.42 Å². The van der Waals surface area contributed by atoms with Crippen molar-refractivity contribution in [2.45, 2.75) is 20.3 Å². The Morgan fingerprint density at radius 3 is 2.56 bits per heavy atom. The average molecular weight is 442 g/mol. The molecule has 0 spiro atoms. The number of amides is 1. The number of rotatable bonds is 8. The Balaban J connectivity index is 1.97. The van der Waals surface area contributed by atoms with E-state index in [2.05, 4.69) is 9.97 Å². The van der Waals surface area contributed by atoms with Crippen LogP contribution >= 0.6 is 0 Å². The van der Waals surface area contributed by atoms with Gasteiger partial charge < -0.3 is 25.8 Å². The molecule has 2 aromatic heterocycles. The second-order valence-corrected chi connectivity index (χ2v) is 8.56. The smallest absolute Gasteiger partial charge is 0.265 e. The van der Waals surface area contributed by atoms with Crippen molar-refractivity contribution in [2.24, 2.45) is 11.1 Å². The first-order valence-corrected chi connectivity index (χ1v) is 10.2. The van der Waals surface area contributed by atoms with E-state index in [1.54, 1.807) is 32.0 Å². The van der Waals surface area contributed by atoms with E-state index < -0.39 is 28.2 Å². The maximum atomic E-state index is 13.1. The second kappa shape index (κ2) is 9.46. The van der Waals surface area contributed by atoms with E-state index in [1.165, 1.54) is 23.2 Å². The van der Waals surface area contributed by atoms with Crippen LogP contribution in [0.3, 0.4) is 0 Å². The van der Waals surface area contributed by atoms with Crippen LogP contribution in [0.2, 0.25) is 0 Å². The number of nitrogens with one attached hydrogen (secondary N) is 1. The molecule has 0 saturated carbocycles. The predicted octanol–water partition coefficient (Wildman–Crippen LogP) is 1.78. The molecule has 1 aromatic carbocycles. The van der Waals surface area contributed by atoms with Gasteiger partial charge in [0.2, 0.25) is 0 Å². The highest BCUT2D eigenvalue weighted by Crippen LogP contribution is 2.26. The topological polar surface area (TPSA) is 133 Å². The highest BCUT2D eigenvalue weighted by atomic mass is 19.1. The number of aliphatic hydroxyl groups is 1. The van der Waals surface area contributed by atoms with E-state index in [4.69, 9.17) is 5.73 Å². The molecule has 5 N–H and O–H groups in total. The largest absolute Gasteiger partial charge is 0.505 e. The van der Waals surface area contributed by atoms with Gasteiger partial charge >= 0.3 is 0 Å². The number of halogens is 1. The molecular weight excluding hydrogens is 415 g/mol. The summed E-state index contributed by atoms with van der Waals surface area (Å²) in [6.07, 6.45) is 1.98.